The number of aliphatic hydroxyl groups excluding tert-OH is 1. The maximum atomic E-state index is 9.34. The Morgan fingerprint density at radius 3 is 2.93 bits per heavy atom. The van der Waals surface area contributed by atoms with Crippen LogP contribution in [0.3, 0.4) is 0 Å². The SMILES string of the molecule is CC(C)OC1C=Cc2[nH]nc(-c3nccc(/C(C=N)=C/N(C)C(C)CO)n3)c2C1. The van der Waals surface area contributed by atoms with Crippen molar-refractivity contribution in [1.29, 1.82) is 5.41 Å². The number of likely N-dealkylation sites (N-methyl/N-ethyl adjacent to an activating group) is 1. The van der Waals surface area contributed by atoms with Crippen LogP contribution >= 0.6 is 0 Å². The van der Waals surface area contributed by atoms with E-state index in [0.717, 1.165) is 11.3 Å². The summed E-state index contributed by atoms with van der Waals surface area (Å²) in [6.45, 7) is 5.97. The van der Waals surface area contributed by atoms with E-state index in [1.54, 1.807) is 18.5 Å². The number of fused-ring (bicyclic) bond motifs is 1. The molecule has 0 aliphatic heterocycles. The molecule has 2 aromatic rings. The van der Waals surface area contributed by atoms with E-state index in [1.165, 1.54) is 6.21 Å². The van der Waals surface area contributed by atoms with Gasteiger partial charge in [-0.3, -0.25) is 5.10 Å². The average molecular weight is 396 g/mol. The van der Waals surface area contributed by atoms with E-state index in [2.05, 4.69) is 20.2 Å². The molecule has 2 heterocycles. The maximum Gasteiger partial charge on any atom is 0.180 e. The molecule has 0 aromatic carbocycles. The van der Waals surface area contributed by atoms with E-state index >= 15 is 0 Å². The van der Waals surface area contributed by atoms with Crippen molar-refractivity contribution in [3.63, 3.8) is 0 Å². The molecule has 29 heavy (non-hydrogen) atoms. The van der Waals surface area contributed by atoms with Crippen LogP contribution in [0.5, 0.6) is 0 Å². The molecule has 3 rings (SSSR count). The summed E-state index contributed by atoms with van der Waals surface area (Å²) < 4.78 is 5.93. The van der Waals surface area contributed by atoms with E-state index in [0.29, 0.717) is 29.2 Å². The first kappa shape index (κ1) is 20.9. The number of hydrogen-bond donors (Lipinski definition) is 3. The van der Waals surface area contributed by atoms with Gasteiger partial charge in [-0.25, -0.2) is 9.97 Å². The van der Waals surface area contributed by atoms with Gasteiger partial charge in [-0.2, -0.15) is 5.10 Å². The summed E-state index contributed by atoms with van der Waals surface area (Å²) in [6.07, 6.45) is 9.58. The summed E-state index contributed by atoms with van der Waals surface area (Å²) in [5.74, 6) is 0.504. The highest BCUT2D eigenvalue weighted by Crippen LogP contribution is 2.28. The first-order valence-electron chi connectivity index (χ1n) is 9.72. The van der Waals surface area contributed by atoms with Crippen molar-refractivity contribution < 1.29 is 9.84 Å². The number of nitrogens with one attached hydrogen (secondary N) is 2. The molecule has 154 valence electrons. The minimum absolute atomic E-state index is 0.00677. The van der Waals surface area contributed by atoms with Crippen molar-refractivity contribution in [2.75, 3.05) is 13.7 Å². The minimum atomic E-state index is -0.0608. The van der Waals surface area contributed by atoms with Gasteiger partial charge in [-0.05, 0) is 32.9 Å². The molecule has 3 N–H and O–H groups in total. The lowest BCUT2D eigenvalue weighted by atomic mass is 9.99. The summed E-state index contributed by atoms with van der Waals surface area (Å²) >= 11 is 0. The molecular formula is C21H28N6O2. The van der Waals surface area contributed by atoms with E-state index in [-0.39, 0.29) is 24.9 Å². The predicted octanol–water partition coefficient (Wildman–Crippen LogP) is 2.53. The van der Waals surface area contributed by atoms with Crippen LogP contribution in [-0.4, -0.2) is 68.3 Å². The van der Waals surface area contributed by atoms with Crippen LogP contribution < -0.4 is 0 Å². The second kappa shape index (κ2) is 9.11. The van der Waals surface area contributed by atoms with Gasteiger partial charge in [0.2, 0.25) is 0 Å². The van der Waals surface area contributed by atoms with Crippen molar-refractivity contribution in [2.45, 2.75) is 45.4 Å². The van der Waals surface area contributed by atoms with Crippen molar-refractivity contribution in [1.82, 2.24) is 25.1 Å². The number of ether oxygens (including phenoxy) is 1. The van der Waals surface area contributed by atoms with E-state index < -0.39 is 0 Å². The average Bonchev–Trinajstić information content (AvgIpc) is 3.14. The molecule has 0 spiro atoms. The first-order valence-corrected chi connectivity index (χ1v) is 9.72. The standard InChI is InChI=1S/C21H28N6O2/c1-13(2)29-16-5-6-19-17(9-16)20(26-25-19)21-23-8-7-18(24-21)15(10-22)11-27(4)14(3)12-28/h5-8,10-11,13-14,16,22,28H,9,12H2,1-4H3,(H,25,26)/b15-11+,22-10?. The number of aliphatic hydroxyl groups is 1. The van der Waals surface area contributed by atoms with Crippen LogP contribution in [0.2, 0.25) is 0 Å². The molecule has 1 aliphatic rings. The number of aromatic nitrogens is 4. The lowest BCUT2D eigenvalue weighted by molar-refractivity contribution is 0.0358. The molecular weight excluding hydrogens is 368 g/mol. The van der Waals surface area contributed by atoms with Gasteiger partial charge in [0.15, 0.2) is 5.82 Å². The van der Waals surface area contributed by atoms with Crippen molar-refractivity contribution in [3.05, 3.63) is 41.5 Å². The monoisotopic (exact) mass is 396 g/mol. The van der Waals surface area contributed by atoms with Crippen molar-refractivity contribution in [3.8, 4) is 11.5 Å². The second-order valence-electron chi connectivity index (χ2n) is 7.44. The Labute approximate surface area is 170 Å². The Bertz CT molecular complexity index is 918. The van der Waals surface area contributed by atoms with Crippen LogP contribution in [0.25, 0.3) is 23.2 Å². The second-order valence-corrected chi connectivity index (χ2v) is 7.44. The molecule has 0 saturated carbocycles. The quantitative estimate of drug-likeness (QED) is 0.591. The largest absolute Gasteiger partial charge is 0.394 e. The normalized spacial score (nSPS) is 17.3. The number of rotatable bonds is 8. The molecule has 0 radical (unpaired) electrons. The number of H-pyrrole nitrogens is 1. The van der Waals surface area contributed by atoms with Gasteiger partial charge in [0, 0.05) is 49.3 Å². The smallest absolute Gasteiger partial charge is 0.180 e. The Kier molecular flexibility index (Phi) is 6.56. The lowest BCUT2D eigenvalue weighted by Crippen LogP contribution is -2.27. The number of aromatic amines is 1. The van der Waals surface area contributed by atoms with Gasteiger partial charge in [-0.15, -0.1) is 0 Å². The number of nitrogens with zero attached hydrogens (tertiary/aromatic N) is 4. The molecule has 0 saturated heterocycles. The summed E-state index contributed by atoms with van der Waals surface area (Å²) in [5, 5.41) is 24.6. The zero-order valence-electron chi connectivity index (χ0n) is 17.3. The van der Waals surface area contributed by atoms with Gasteiger partial charge < -0.3 is 20.2 Å². The number of allylic oxidation sites excluding steroid dienone is 1. The fraction of sp³-hybridized carbons (Fsp3) is 0.429. The Morgan fingerprint density at radius 2 is 2.24 bits per heavy atom. The molecule has 1 aliphatic carbocycles. The van der Waals surface area contributed by atoms with Crippen LogP contribution in [0.15, 0.2) is 24.5 Å². The lowest BCUT2D eigenvalue weighted by Gasteiger charge is -2.22. The van der Waals surface area contributed by atoms with Crippen molar-refractivity contribution >= 4 is 17.9 Å². The molecule has 0 fully saturated rings. The first-order chi connectivity index (χ1) is 13.9. The third-order valence-corrected chi connectivity index (χ3v) is 4.85. The van der Waals surface area contributed by atoms with Gasteiger partial charge in [-0.1, -0.05) is 6.08 Å². The van der Waals surface area contributed by atoms with Crippen LogP contribution in [0, 0.1) is 5.41 Å². The maximum absolute atomic E-state index is 9.34. The highest BCUT2D eigenvalue weighted by molar-refractivity contribution is 6.07. The summed E-state index contributed by atoms with van der Waals surface area (Å²) in [5.41, 5.74) is 3.92. The highest BCUT2D eigenvalue weighted by atomic mass is 16.5. The fourth-order valence-electron chi connectivity index (χ4n) is 3.11. The fourth-order valence-corrected chi connectivity index (χ4v) is 3.11. The topological polar surface area (TPSA) is 111 Å². The van der Waals surface area contributed by atoms with Gasteiger partial charge in [0.25, 0.3) is 0 Å². The van der Waals surface area contributed by atoms with E-state index in [1.807, 2.05) is 44.9 Å². The molecule has 8 nitrogen and oxygen atoms in total. The zero-order chi connectivity index (χ0) is 21.0. The van der Waals surface area contributed by atoms with Gasteiger partial charge in [0.1, 0.15) is 5.69 Å². The molecule has 2 unspecified atom stereocenters. The van der Waals surface area contributed by atoms with E-state index in [4.69, 9.17) is 10.1 Å². The third-order valence-electron chi connectivity index (χ3n) is 4.85. The Morgan fingerprint density at radius 1 is 1.45 bits per heavy atom. The Balaban J connectivity index is 1.92. The summed E-state index contributed by atoms with van der Waals surface area (Å²) in [7, 11) is 1.86. The Hall–Kier alpha value is -2.84. The minimum Gasteiger partial charge on any atom is -0.394 e. The van der Waals surface area contributed by atoms with Crippen molar-refractivity contribution in [2.24, 2.45) is 0 Å². The van der Waals surface area contributed by atoms with E-state index in [9.17, 15) is 5.11 Å². The van der Waals surface area contributed by atoms with Gasteiger partial charge >= 0.3 is 0 Å². The molecule has 2 atom stereocenters. The van der Waals surface area contributed by atoms with Gasteiger partial charge in [0.05, 0.1) is 30.2 Å². The zero-order valence-corrected chi connectivity index (χ0v) is 17.3. The van der Waals surface area contributed by atoms with Crippen LogP contribution in [0.1, 0.15) is 37.7 Å². The third kappa shape index (κ3) is 4.78. The van der Waals surface area contributed by atoms with Crippen LogP contribution in [-0.2, 0) is 11.2 Å². The number of hydrogen-bond acceptors (Lipinski definition) is 7. The molecule has 0 amide bonds. The molecule has 0 bridgehead atoms. The summed E-state index contributed by atoms with van der Waals surface area (Å²) in [4.78, 5) is 10.9. The predicted molar refractivity (Wildman–Crippen MR) is 113 cm³/mol. The molecule has 8 heteroatoms. The van der Waals surface area contributed by atoms with Crippen LogP contribution in [0.4, 0.5) is 0 Å². The summed E-state index contributed by atoms with van der Waals surface area (Å²) in [6, 6.07) is 1.70. The highest BCUT2D eigenvalue weighted by Gasteiger charge is 2.23. The molecule has 2 aromatic heterocycles.